The molecule has 1 heterocycles. The van der Waals surface area contributed by atoms with Gasteiger partial charge in [0.15, 0.2) is 18.8 Å². The predicted octanol–water partition coefficient (Wildman–Crippen LogP) is 6.09. The summed E-state index contributed by atoms with van der Waals surface area (Å²) < 4.78 is 74.7. The van der Waals surface area contributed by atoms with Gasteiger partial charge in [0, 0.05) is 17.7 Å². The Kier molecular flexibility index (Phi) is 10.9. The van der Waals surface area contributed by atoms with Crippen molar-refractivity contribution in [1.29, 1.82) is 0 Å². The van der Waals surface area contributed by atoms with Gasteiger partial charge in [-0.15, -0.1) is 0 Å². The predicted molar refractivity (Wildman–Crippen MR) is 144 cm³/mol. The van der Waals surface area contributed by atoms with Crippen molar-refractivity contribution in [1.82, 2.24) is 0 Å². The Labute approximate surface area is 227 Å². The van der Waals surface area contributed by atoms with E-state index in [4.69, 9.17) is 4.74 Å². The van der Waals surface area contributed by atoms with Gasteiger partial charge in [0.25, 0.3) is 0 Å². The molecule has 11 heteroatoms. The normalized spacial score (nSPS) is 15.7. The smallest absolute Gasteiger partial charge is 0.457 e. The highest BCUT2D eigenvalue weighted by Gasteiger charge is 2.20. The molecule has 4 rings (SSSR count). The van der Waals surface area contributed by atoms with Crippen LogP contribution in [0.2, 0.25) is 0 Å². The van der Waals surface area contributed by atoms with E-state index in [1.54, 1.807) is 30.4 Å². The van der Waals surface area contributed by atoms with E-state index in [-0.39, 0.29) is 24.8 Å². The summed E-state index contributed by atoms with van der Waals surface area (Å²) in [4.78, 5) is 0. The third-order valence-electron chi connectivity index (χ3n) is 5.52. The van der Waals surface area contributed by atoms with Crippen LogP contribution in [-0.2, 0) is 4.74 Å². The average Bonchev–Trinajstić information content (AvgIpc) is 2.91. The number of hydrogen-bond acceptors (Lipinski definition) is 3. The SMILES string of the molecule is F[B-](F)(F)F.OCC[N+](CCO)=C1C=CC(=C/C=C2\C=C(c3cccc(F)c3)C=C(c3cccc(F)c3)O2)C=C1. The first-order valence-corrected chi connectivity index (χ1v) is 12.2. The molecule has 0 spiro atoms. The number of allylic oxidation sites excluding steroid dienone is 10. The number of hydrogen-bond donors (Lipinski definition) is 2. The van der Waals surface area contributed by atoms with Gasteiger partial charge < -0.3 is 32.2 Å². The number of ether oxygens (including phenoxy) is 1. The van der Waals surface area contributed by atoms with Crippen LogP contribution < -0.4 is 0 Å². The topological polar surface area (TPSA) is 52.7 Å². The molecular formula is C29H26BF6NO3. The molecule has 0 amide bonds. The van der Waals surface area contributed by atoms with E-state index in [1.807, 2.05) is 47.1 Å². The maximum Gasteiger partial charge on any atom is 0.673 e. The monoisotopic (exact) mass is 561 g/mol. The molecule has 0 saturated heterocycles. The highest BCUT2D eigenvalue weighted by Crippen LogP contribution is 2.32. The minimum Gasteiger partial charge on any atom is -0.457 e. The molecule has 0 radical (unpaired) electrons. The van der Waals surface area contributed by atoms with Crippen molar-refractivity contribution in [3.05, 3.63) is 131 Å². The average molecular weight is 561 g/mol. The van der Waals surface area contributed by atoms with E-state index in [2.05, 4.69) is 0 Å². The van der Waals surface area contributed by atoms with Crippen molar-refractivity contribution in [2.75, 3.05) is 26.3 Å². The fourth-order valence-electron chi connectivity index (χ4n) is 3.81. The van der Waals surface area contributed by atoms with Gasteiger partial charge in [0.2, 0.25) is 0 Å². The van der Waals surface area contributed by atoms with Crippen molar-refractivity contribution in [3.8, 4) is 0 Å². The Balaban J connectivity index is 0.000000810. The largest absolute Gasteiger partial charge is 0.673 e. The van der Waals surface area contributed by atoms with Crippen LogP contribution >= 0.6 is 0 Å². The molecular weight excluding hydrogens is 535 g/mol. The lowest BCUT2D eigenvalue weighted by Crippen LogP contribution is -2.26. The van der Waals surface area contributed by atoms with Crippen molar-refractivity contribution >= 4 is 24.3 Å². The van der Waals surface area contributed by atoms with Crippen molar-refractivity contribution < 1.29 is 45.6 Å². The molecule has 0 atom stereocenters. The van der Waals surface area contributed by atoms with Crippen LogP contribution in [0.5, 0.6) is 0 Å². The second-order valence-electron chi connectivity index (χ2n) is 8.49. The molecule has 0 aromatic heterocycles. The fraction of sp³-hybridized carbons (Fsp3) is 0.138. The lowest BCUT2D eigenvalue weighted by Gasteiger charge is -2.18. The Bertz CT molecular complexity index is 1390. The summed E-state index contributed by atoms with van der Waals surface area (Å²) in [6.07, 6.45) is 15.0. The number of aliphatic hydroxyl groups is 2. The molecule has 2 aromatic carbocycles. The van der Waals surface area contributed by atoms with Gasteiger partial charge in [-0.25, -0.2) is 13.4 Å². The summed E-state index contributed by atoms with van der Waals surface area (Å²) in [5.41, 5.74) is 3.82. The molecule has 1 aliphatic heterocycles. The van der Waals surface area contributed by atoms with Gasteiger partial charge >= 0.3 is 7.25 Å². The van der Waals surface area contributed by atoms with E-state index >= 15 is 0 Å². The first-order valence-electron chi connectivity index (χ1n) is 12.2. The molecule has 1 aliphatic carbocycles. The Morgan fingerprint density at radius 2 is 1.30 bits per heavy atom. The first kappa shape index (κ1) is 30.5. The fourth-order valence-corrected chi connectivity index (χ4v) is 3.81. The van der Waals surface area contributed by atoms with Gasteiger partial charge in [-0.3, -0.25) is 0 Å². The molecule has 210 valence electrons. The maximum atomic E-state index is 13.9. The summed E-state index contributed by atoms with van der Waals surface area (Å²) >= 11 is 0. The Morgan fingerprint density at radius 3 is 1.85 bits per heavy atom. The molecule has 2 aromatic rings. The quantitative estimate of drug-likeness (QED) is 0.244. The Morgan fingerprint density at radius 1 is 0.750 bits per heavy atom. The molecule has 0 unspecified atom stereocenters. The van der Waals surface area contributed by atoms with Gasteiger partial charge in [-0.1, -0.05) is 30.3 Å². The van der Waals surface area contributed by atoms with Crippen LogP contribution in [-0.4, -0.2) is 54.1 Å². The zero-order valence-corrected chi connectivity index (χ0v) is 21.2. The summed E-state index contributed by atoms with van der Waals surface area (Å²) in [5, 5.41) is 18.5. The highest BCUT2D eigenvalue weighted by molar-refractivity contribution is 6.50. The van der Waals surface area contributed by atoms with Gasteiger partial charge in [0.05, 0.1) is 0 Å². The third-order valence-corrected chi connectivity index (χ3v) is 5.52. The maximum absolute atomic E-state index is 13.9. The van der Waals surface area contributed by atoms with E-state index in [9.17, 15) is 36.3 Å². The summed E-state index contributed by atoms with van der Waals surface area (Å²) in [7, 11) is -6.00. The van der Waals surface area contributed by atoms with Crippen LogP contribution in [0, 0.1) is 11.6 Å². The van der Waals surface area contributed by atoms with Crippen molar-refractivity contribution in [2.24, 2.45) is 0 Å². The van der Waals surface area contributed by atoms with Crippen LogP contribution in [0.3, 0.4) is 0 Å². The zero-order valence-electron chi connectivity index (χ0n) is 21.2. The summed E-state index contributed by atoms with van der Waals surface area (Å²) in [6.45, 7) is 0.867. The van der Waals surface area contributed by atoms with E-state index < -0.39 is 7.25 Å². The number of aliphatic hydroxyl groups excluding tert-OH is 2. The molecule has 2 aliphatic rings. The van der Waals surface area contributed by atoms with Gasteiger partial charge in [0.1, 0.15) is 36.4 Å². The van der Waals surface area contributed by atoms with Crippen LogP contribution in [0.15, 0.2) is 108 Å². The second kappa shape index (κ2) is 14.3. The Hall–Kier alpha value is -4.09. The second-order valence-corrected chi connectivity index (χ2v) is 8.49. The van der Waals surface area contributed by atoms with Crippen LogP contribution in [0.25, 0.3) is 11.3 Å². The molecule has 40 heavy (non-hydrogen) atoms. The van der Waals surface area contributed by atoms with E-state index in [1.165, 1.54) is 24.3 Å². The molecule has 0 fully saturated rings. The highest BCUT2D eigenvalue weighted by atomic mass is 19.5. The van der Waals surface area contributed by atoms with Crippen molar-refractivity contribution in [3.63, 3.8) is 0 Å². The molecule has 0 bridgehead atoms. The first-order chi connectivity index (χ1) is 19.1. The van der Waals surface area contributed by atoms with E-state index in [0.717, 1.165) is 16.9 Å². The van der Waals surface area contributed by atoms with Crippen LogP contribution in [0.4, 0.5) is 26.0 Å². The number of benzene rings is 2. The van der Waals surface area contributed by atoms with Gasteiger partial charge in [-0.2, -0.15) is 0 Å². The number of halogens is 6. The minimum atomic E-state index is -6.00. The lowest BCUT2D eigenvalue weighted by atomic mass is 10.00. The van der Waals surface area contributed by atoms with Crippen molar-refractivity contribution in [2.45, 2.75) is 0 Å². The standard InChI is InChI=1S/C29H26F2NO3.BF4/c30-25-5-1-3-22(17-25)24-19-28(35-29(20-24)23-4-2-6-26(31)18-23)12-9-21-7-10-27(11-8-21)32(13-15-33)14-16-34;2-1(3,4)5/h1-12,17-20,33-34H,13-16H2;/q+1;-1/b28-12+;. The number of rotatable bonds is 7. The van der Waals surface area contributed by atoms with E-state index in [0.29, 0.717) is 35.7 Å². The molecule has 0 saturated carbocycles. The zero-order chi connectivity index (χ0) is 29.1. The third kappa shape index (κ3) is 9.90. The summed E-state index contributed by atoms with van der Waals surface area (Å²) in [6, 6.07) is 12.4. The lowest BCUT2D eigenvalue weighted by molar-refractivity contribution is -0.530. The minimum absolute atomic E-state index is 0.00153. The van der Waals surface area contributed by atoms with Gasteiger partial charge in [-0.05, 0) is 71.4 Å². The summed E-state index contributed by atoms with van der Waals surface area (Å²) in [5.74, 6) is 0.272. The van der Waals surface area contributed by atoms with Crippen LogP contribution in [0.1, 0.15) is 11.1 Å². The molecule has 2 N–H and O–H groups in total. The molecule has 4 nitrogen and oxygen atoms in total. The number of nitrogens with zero attached hydrogens (tertiary/aromatic N) is 1.